The molecule has 1 aromatic carbocycles. The lowest BCUT2D eigenvalue weighted by Crippen LogP contribution is -2.30. The molecule has 0 aliphatic carbocycles. The van der Waals surface area contributed by atoms with Gasteiger partial charge in [0.05, 0.1) is 0 Å². The Bertz CT molecular complexity index is 402. The molecule has 2 N–H and O–H groups in total. The van der Waals surface area contributed by atoms with Crippen molar-refractivity contribution in [3.63, 3.8) is 0 Å². The zero-order valence-electron chi connectivity index (χ0n) is 10.8. The molecule has 1 heterocycles. The molecule has 1 amide bonds. The summed E-state index contributed by atoms with van der Waals surface area (Å²) in [5, 5.41) is 6.21. The monoisotopic (exact) mass is 326 g/mol. The fraction of sp³-hybridized carbons (Fsp3) is 0.500. The molecular formula is C14H19BrN2O2. The standard InChI is InChI=1S/C14H19BrN2O2/c15-12-1-3-13(4-2-12)19-10-14(18)17-8-6-11-5-7-16-9-11/h1-4,11,16H,5-10H2,(H,17,18). The van der Waals surface area contributed by atoms with Gasteiger partial charge in [-0.25, -0.2) is 0 Å². The number of ether oxygens (including phenoxy) is 1. The van der Waals surface area contributed by atoms with E-state index in [1.807, 2.05) is 24.3 Å². The molecule has 0 saturated carbocycles. The van der Waals surface area contributed by atoms with E-state index in [-0.39, 0.29) is 12.5 Å². The zero-order chi connectivity index (χ0) is 13.5. The van der Waals surface area contributed by atoms with Crippen LogP contribution in [0.2, 0.25) is 0 Å². The van der Waals surface area contributed by atoms with Crippen LogP contribution in [0.1, 0.15) is 12.8 Å². The number of carbonyl (C=O) groups excluding carboxylic acids is 1. The number of hydrogen-bond acceptors (Lipinski definition) is 3. The molecule has 1 atom stereocenters. The molecule has 1 aliphatic heterocycles. The topological polar surface area (TPSA) is 50.4 Å². The van der Waals surface area contributed by atoms with Crippen molar-refractivity contribution in [1.82, 2.24) is 10.6 Å². The molecule has 19 heavy (non-hydrogen) atoms. The number of amides is 1. The first-order chi connectivity index (χ1) is 9.24. The lowest BCUT2D eigenvalue weighted by Gasteiger charge is -2.10. The number of halogens is 1. The maximum atomic E-state index is 11.6. The van der Waals surface area contributed by atoms with Gasteiger partial charge in [-0.3, -0.25) is 4.79 Å². The summed E-state index contributed by atoms with van der Waals surface area (Å²) in [7, 11) is 0. The van der Waals surface area contributed by atoms with Gasteiger partial charge in [-0.05, 0) is 56.1 Å². The third-order valence-corrected chi connectivity index (χ3v) is 3.75. The lowest BCUT2D eigenvalue weighted by molar-refractivity contribution is -0.123. The van der Waals surface area contributed by atoms with Crippen LogP contribution in [0.3, 0.4) is 0 Å². The van der Waals surface area contributed by atoms with E-state index in [0.29, 0.717) is 11.7 Å². The van der Waals surface area contributed by atoms with Crippen molar-refractivity contribution < 1.29 is 9.53 Å². The highest BCUT2D eigenvalue weighted by Crippen LogP contribution is 2.15. The van der Waals surface area contributed by atoms with Crippen LogP contribution in [-0.2, 0) is 4.79 Å². The van der Waals surface area contributed by atoms with E-state index >= 15 is 0 Å². The van der Waals surface area contributed by atoms with Gasteiger partial charge in [0.1, 0.15) is 5.75 Å². The molecule has 4 nitrogen and oxygen atoms in total. The number of carbonyl (C=O) groups is 1. The molecular weight excluding hydrogens is 308 g/mol. The van der Waals surface area contributed by atoms with Gasteiger partial charge in [0, 0.05) is 11.0 Å². The van der Waals surface area contributed by atoms with Crippen molar-refractivity contribution in [2.75, 3.05) is 26.2 Å². The fourth-order valence-electron chi connectivity index (χ4n) is 2.11. The molecule has 1 saturated heterocycles. The Balaban J connectivity index is 1.60. The number of rotatable bonds is 6. The zero-order valence-corrected chi connectivity index (χ0v) is 12.4. The number of benzene rings is 1. The smallest absolute Gasteiger partial charge is 0.257 e. The summed E-state index contributed by atoms with van der Waals surface area (Å²) in [5.74, 6) is 1.35. The van der Waals surface area contributed by atoms with Gasteiger partial charge in [0.25, 0.3) is 5.91 Å². The average molecular weight is 327 g/mol. The van der Waals surface area contributed by atoms with Crippen molar-refractivity contribution in [3.05, 3.63) is 28.7 Å². The second-order valence-electron chi connectivity index (χ2n) is 4.74. The Morgan fingerprint density at radius 3 is 2.89 bits per heavy atom. The first-order valence-electron chi connectivity index (χ1n) is 6.60. The SMILES string of the molecule is O=C(COc1ccc(Br)cc1)NCCC1CCNC1. The molecule has 5 heteroatoms. The van der Waals surface area contributed by atoms with Crippen LogP contribution < -0.4 is 15.4 Å². The van der Waals surface area contributed by atoms with Crippen molar-refractivity contribution in [3.8, 4) is 5.75 Å². The highest BCUT2D eigenvalue weighted by molar-refractivity contribution is 9.10. The van der Waals surface area contributed by atoms with Gasteiger partial charge < -0.3 is 15.4 Å². The van der Waals surface area contributed by atoms with Crippen LogP contribution in [0.4, 0.5) is 0 Å². The predicted molar refractivity (Wildman–Crippen MR) is 78.2 cm³/mol. The summed E-state index contributed by atoms with van der Waals surface area (Å²) < 4.78 is 6.39. The van der Waals surface area contributed by atoms with Crippen molar-refractivity contribution in [1.29, 1.82) is 0 Å². The van der Waals surface area contributed by atoms with E-state index < -0.39 is 0 Å². The highest BCUT2D eigenvalue weighted by Gasteiger charge is 2.14. The summed E-state index contributed by atoms with van der Waals surface area (Å²) >= 11 is 3.35. The molecule has 0 radical (unpaired) electrons. The molecule has 0 aromatic heterocycles. The first-order valence-corrected chi connectivity index (χ1v) is 7.39. The Morgan fingerprint density at radius 1 is 1.42 bits per heavy atom. The second kappa shape index (κ2) is 7.50. The largest absolute Gasteiger partial charge is 0.484 e. The summed E-state index contributed by atoms with van der Waals surface area (Å²) in [6.07, 6.45) is 2.25. The molecule has 1 unspecified atom stereocenters. The minimum Gasteiger partial charge on any atom is -0.484 e. The average Bonchev–Trinajstić information content (AvgIpc) is 2.91. The van der Waals surface area contributed by atoms with E-state index in [1.165, 1.54) is 6.42 Å². The third kappa shape index (κ3) is 5.20. The Hall–Kier alpha value is -1.07. The normalized spacial score (nSPS) is 18.3. The molecule has 0 bridgehead atoms. The van der Waals surface area contributed by atoms with E-state index in [2.05, 4.69) is 26.6 Å². The van der Waals surface area contributed by atoms with Crippen molar-refractivity contribution in [2.45, 2.75) is 12.8 Å². The summed E-state index contributed by atoms with van der Waals surface area (Å²) in [6, 6.07) is 7.45. The van der Waals surface area contributed by atoms with Gasteiger partial charge in [0.15, 0.2) is 6.61 Å². The second-order valence-corrected chi connectivity index (χ2v) is 5.66. The summed E-state index contributed by atoms with van der Waals surface area (Å²) in [5.41, 5.74) is 0. The summed E-state index contributed by atoms with van der Waals surface area (Å²) in [4.78, 5) is 11.6. The van der Waals surface area contributed by atoms with Crippen LogP contribution in [0.5, 0.6) is 5.75 Å². The van der Waals surface area contributed by atoms with Gasteiger partial charge in [-0.15, -0.1) is 0 Å². The maximum Gasteiger partial charge on any atom is 0.257 e. The molecule has 1 aromatic rings. The molecule has 1 fully saturated rings. The minimum atomic E-state index is -0.0612. The van der Waals surface area contributed by atoms with Crippen LogP contribution >= 0.6 is 15.9 Å². The van der Waals surface area contributed by atoms with Gasteiger partial charge in [-0.2, -0.15) is 0 Å². The highest BCUT2D eigenvalue weighted by atomic mass is 79.9. The predicted octanol–water partition coefficient (Wildman–Crippen LogP) is 1.94. The lowest BCUT2D eigenvalue weighted by atomic mass is 10.1. The molecule has 0 spiro atoms. The fourth-order valence-corrected chi connectivity index (χ4v) is 2.37. The van der Waals surface area contributed by atoms with Crippen LogP contribution in [0.25, 0.3) is 0 Å². The van der Waals surface area contributed by atoms with Gasteiger partial charge in [-0.1, -0.05) is 15.9 Å². The van der Waals surface area contributed by atoms with E-state index in [9.17, 15) is 4.79 Å². The van der Waals surface area contributed by atoms with Crippen molar-refractivity contribution in [2.24, 2.45) is 5.92 Å². The number of hydrogen-bond donors (Lipinski definition) is 2. The van der Waals surface area contributed by atoms with Gasteiger partial charge in [0.2, 0.25) is 0 Å². The Kier molecular flexibility index (Phi) is 5.66. The van der Waals surface area contributed by atoms with Crippen molar-refractivity contribution >= 4 is 21.8 Å². The van der Waals surface area contributed by atoms with Crippen LogP contribution in [-0.4, -0.2) is 32.1 Å². The first kappa shape index (κ1) is 14.3. The molecule has 1 aliphatic rings. The van der Waals surface area contributed by atoms with E-state index in [1.54, 1.807) is 0 Å². The third-order valence-electron chi connectivity index (χ3n) is 3.22. The van der Waals surface area contributed by atoms with Crippen LogP contribution in [0.15, 0.2) is 28.7 Å². The van der Waals surface area contributed by atoms with E-state index in [4.69, 9.17) is 4.74 Å². The quantitative estimate of drug-likeness (QED) is 0.840. The van der Waals surface area contributed by atoms with Gasteiger partial charge >= 0.3 is 0 Å². The van der Waals surface area contributed by atoms with E-state index in [0.717, 1.165) is 30.5 Å². The minimum absolute atomic E-state index is 0.0612. The number of nitrogens with one attached hydrogen (secondary N) is 2. The summed E-state index contributed by atoms with van der Waals surface area (Å²) in [6.45, 7) is 2.98. The Morgan fingerprint density at radius 2 is 2.21 bits per heavy atom. The molecule has 2 rings (SSSR count). The Labute approximate surface area is 122 Å². The van der Waals surface area contributed by atoms with Crippen LogP contribution in [0, 0.1) is 5.92 Å². The maximum absolute atomic E-state index is 11.6. The molecule has 104 valence electrons.